The van der Waals surface area contributed by atoms with Gasteiger partial charge in [-0.05, 0) is 31.0 Å². The highest BCUT2D eigenvalue weighted by molar-refractivity contribution is 9.10. The molecule has 1 aromatic carbocycles. The first kappa shape index (κ1) is 13.6. The highest BCUT2D eigenvalue weighted by Crippen LogP contribution is 2.30. The van der Waals surface area contributed by atoms with E-state index in [9.17, 15) is 0 Å². The molecule has 0 saturated heterocycles. The molecule has 0 bridgehead atoms. The summed E-state index contributed by atoms with van der Waals surface area (Å²) in [5.74, 6) is 1.08. The Morgan fingerprint density at radius 3 is 2.94 bits per heavy atom. The summed E-state index contributed by atoms with van der Waals surface area (Å²) in [5.41, 5.74) is 2.01. The molecule has 3 nitrogen and oxygen atoms in total. The molecule has 1 unspecified atom stereocenters. The van der Waals surface area contributed by atoms with Crippen molar-refractivity contribution in [3.63, 3.8) is 0 Å². The van der Waals surface area contributed by atoms with Gasteiger partial charge in [0.05, 0.1) is 5.38 Å². The Bertz CT molecular complexity index is 542. The molecular weight excluding hydrogens is 316 g/mol. The molecule has 0 aliphatic carbocycles. The summed E-state index contributed by atoms with van der Waals surface area (Å²) in [7, 11) is 0. The molecule has 18 heavy (non-hydrogen) atoms. The molecule has 0 saturated carbocycles. The maximum atomic E-state index is 6.18. The Morgan fingerprint density at radius 1 is 1.44 bits per heavy atom. The molecule has 0 amide bonds. The van der Waals surface area contributed by atoms with Crippen LogP contribution in [-0.2, 0) is 0 Å². The van der Waals surface area contributed by atoms with Gasteiger partial charge in [0.2, 0.25) is 0 Å². The van der Waals surface area contributed by atoms with Gasteiger partial charge < -0.3 is 4.52 Å². The molecule has 96 valence electrons. The van der Waals surface area contributed by atoms with E-state index in [1.54, 1.807) is 0 Å². The Labute approximate surface area is 120 Å². The molecule has 0 aliphatic rings. The van der Waals surface area contributed by atoms with E-state index in [1.807, 2.05) is 25.1 Å². The average molecular weight is 330 g/mol. The maximum absolute atomic E-state index is 6.18. The molecule has 5 heteroatoms. The highest BCUT2D eigenvalue weighted by Gasteiger charge is 2.17. The zero-order chi connectivity index (χ0) is 13.1. The van der Waals surface area contributed by atoms with Crippen molar-refractivity contribution in [2.45, 2.75) is 32.1 Å². The smallest absolute Gasteiger partial charge is 0.258 e. The predicted octanol–water partition coefficient (Wildman–Crippen LogP) is 4.89. The fourth-order valence-corrected chi connectivity index (χ4v) is 2.37. The number of aromatic nitrogens is 2. The van der Waals surface area contributed by atoms with Crippen molar-refractivity contribution in [2.75, 3.05) is 0 Å². The lowest BCUT2D eigenvalue weighted by Crippen LogP contribution is -1.92. The minimum absolute atomic E-state index is 0.181. The van der Waals surface area contributed by atoms with Crippen LogP contribution in [0.2, 0.25) is 0 Å². The van der Waals surface area contributed by atoms with Crippen LogP contribution < -0.4 is 0 Å². The third-order valence-corrected chi connectivity index (χ3v) is 4.03. The van der Waals surface area contributed by atoms with Gasteiger partial charge in [-0.2, -0.15) is 4.98 Å². The second-order valence-corrected chi connectivity index (χ2v) is 5.51. The Kier molecular flexibility index (Phi) is 4.40. The van der Waals surface area contributed by atoms with Crippen LogP contribution in [0.3, 0.4) is 0 Å². The van der Waals surface area contributed by atoms with E-state index in [0.717, 1.165) is 28.4 Å². The third-order valence-electron chi connectivity index (χ3n) is 2.76. The molecule has 0 fully saturated rings. The predicted molar refractivity (Wildman–Crippen MR) is 75.7 cm³/mol. The second kappa shape index (κ2) is 5.85. The lowest BCUT2D eigenvalue weighted by atomic mass is 10.1. The fraction of sp³-hybridized carbons (Fsp3) is 0.385. The number of hydrogen-bond donors (Lipinski definition) is 0. The van der Waals surface area contributed by atoms with Gasteiger partial charge >= 0.3 is 0 Å². The van der Waals surface area contributed by atoms with Crippen molar-refractivity contribution >= 4 is 27.5 Å². The van der Waals surface area contributed by atoms with Gasteiger partial charge in [-0.3, -0.25) is 0 Å². The zero-order valence-electron chi connectivity index (χ0n) is 10.3. The molecule has 0 radical (unpaired) electrons. The second-order valence-electron chi connectivity index (χ2n) is 4.13. The summed E-state index contributed by atoms with van der Waals surface area (Å²) in [4.78, 5) is 4.37. The molecular formula is C13H14BrClN2O. The van der Waals surface area contributed by atoms with Crippen molar-refractivity contribution in [1.82, 2.24) is 10.1 Å². The summed E-state index contributed by atoms with van der Waals surface area (Å²) in [6, 6.07) is 5.89. The Hall–Kier alpha value is -0.870. The van der Waals surface area contributed by atoms with Gasteiger partial charge in [0, 0.05) is 10.0 Å². The fourth-order valence-electron chi connectivity index (χ4n) is 1.69. The summed E-state index contributed by atoms with van der Waals surface area (Å²) in [5, 5.41) is 3.77. The summed E-state index contributed by atoms with van der Waals surface area (Å²) < 4.78 is 6.31. The third kappa shape index (κ3) is 2.75. The highest BCUT2D eigenvalue weighted by atomic mass is 79.9. The van der Waals surface area contributed by atoms with Gasteiger partial charge in [-0.25, -0.2) is 0 Å². The molecule has 1 atom stereocenters. The van der Waals surface area contributed by atoms with E-state index in [-0.39, 0.29) is 5.38 Å². The first-order valence-electron chi connectivity index (χ1n) is 5.86. The number of rotatable bonds is 4. The van der Waals surface area contributed by atoms with Gasteiger partial charge in [0.1, 0.15) is 0 Å². The molecule has 0 aliphatic heterocycles. The van der Waals surface area contributed by atoms with Crippen molar-refractivity contribution in [3.05, 3.63) is 34.1 Å². The SMILES string of the molecule is CCCC(Cl)c1noc(-c2cccc(Br)c2C)n1. The Balaban J connectivity index is 2.32. The molecule has 2 aromatic rings. The lowest BCUT2D eigenvalue weighted by Gasteiger charge is -2.02. The quantitative estimate of drug-likeness (QED) is 0.750. The van der Waals surface area contributed by atoms with Crippen molar-refractivity contribution in [3.8, 4) is 11.5 Å². The van der Waals surface area contributed by atoms with E-state index in [1.165, 1.54) is 0 Å². The Morgan fingerprint density at radius 2 is 2.22 bits per heavy atom. The number of nitrogens with zero attached hydrogens (tertiary/aromatic N) is 2. The molecule has 2 rings (SSSR count). The molecule has 1 aromatic heterocycles. The van der Waals surface area contributed by atoms with Crippen LogP contribution in [0.1, 0.15) is 36.5 Å². The van der Waals surface area contributed by atoms with Crippen LogP contribution in [0.4, 0.5) is 0 Å². The van der Waals surface area contributed by atoms with E-state index < -0.39 is 0 Å². The van der Waals surface area contributed by atoms with Crippen LogP contribution in [0, 0.1) is 6.92 Å². The largest absolute Gasteiger partial charge is 0.334 e. The minimum atomic E-state index is -0.181. The van der Waals surface area contributed by atoms with Crippen LogP contribution >= 0.6 is 27.5 Å². The van der Waals surface area contributed by atoms with Gasteiger partial charge in [-0.15, -0.1) is 11.6 Å². The number of benzene rings is 1. The summed E-state index contributed by atoms with van der Waals surface area (Å²) in [6.07, 6.45) is 1.84. The van der Waals surface area contributed by atoms with Gasteiger partial charge in [0.15, 0.2) is 5.82 Å². The summed E-state index contributed by atoms with van der Waals surface area (Å²) >= 11 is 9.67. The van der Waals surface area contributed by atoms with Gasteiger partial charge in [0.25, 0.3) is 5.89 Å². The first-order valence-corrected chi connectivity index (χ1v) is 7.09. The monoisotopic (exact) mass is 328 g/mol. The topological polar surface area (TPSA) is 38.9 Å². The number of hydrogen-bond acceptors (Lipinski definition) is 3. The van der Waals surface area contributed by atoms with Crippen molar-refractivity contribution in [1.29, 1.82) is 0 Å². The maximum Gasteiger partial charge on any atom is 0.258 e. The lowest BCUT2D eigenvalue weighted by molar-refractivity contribution is 0.420. The number of alkyl halides is 1. The molecule has 0 spiro atoms. The van der Waals surface area contributed by atoms with Crippen molar-refractivity contribution in [2.24, 2.45) is 0 Å². The zero-order valence-corrected chi connectivity index (χ0v) is 12.6. The number of halogens is 2. The van der Waals surface area contributed by atoms with Crippen LogP contribution in [0.15, 0.2) is 27.2 Å². The van der Waals surface area contributed by atoms with Gasteiger partial charge in [-0.1, -0.05) is 40.5 Å². The molecule has 0 N–H and O–H groups in total. The standard InChI is InChI=1S/C13H14BrClN2O/c1-3-5-11(15)12-16-13(18-17-12)9-6-4-7-10(14)8(9)2/h4,6-7,11H,3,5H2,1-2H3. The summed E-state index contributed by atoms with van der Waals surface area (Å²) in [6.45, 7) is 4.09. The van der Waals surface area contributed by atoms with Crippen molar-refractivity contribution < 1.29 is 4.52 Å². The van der Waals surface area contributed by atoms with E-state index >= 15 is 0 Å². The van der Waals surface area contributed by atoms with Crippen LogP contribution in [-0.4, -0.2) is 10.1 Å². The normalized spacial score (nSPS) is 12.7. The first-order chi connectivity index (χ1) is 8.63. The van der Waals surface area contributed by atoms with E-state index in [0.29, 0.717) is 11.7 Å². The van der Waals surface area contributed by atoms with Crippen LogP contribution in [0.5, 0.6) is 0 Å². The van der Waals surface area contributed by atoms with E-state index in [4.69, 9.17) is 16.1 Å². The van der Waals surface area contributed by atoms with E-state index in [2.05, 4.69) is 33.0 Å². The van der Waals surface area contributed by atoms with Crippen LogP contribution in [0.25, 0.3) is 11.5 Å². The average Bonchev–Trinajstić information content (AvgIpc) is 2.82. The minimum Gasteiger partial charge on any atom is -0.334 e. The molecule has 1 heterocycles.